The van der Waals surface area contributed by atoms with Gasteiger partial charge in [0, 0.05) is 18.7 Å². The minimum Gasteiger partial charge on any atom is -0.361 e. The van der Waals surface area contributed by atoms with E-state index >= 15 is 0 Å². The Morgan fingerprint density at radius 3 is 1.93 bits per heavy atom. The molecule has 134 valence electrons. The van der Waals surface area contributed by atoms with Crippen molar-refractivity contribution in [1.29, 1.82) is 0 Å². The van der Waals surface area contributed by atoms with Crippen LogP contribution in [-0.2, 0) is 0 Å². The lowest BCUT2D eigenvalue weighted by Gasteiger charge is -2.26. The third-order valence-corrected chi connectivity index (χ3v) is 6.31. The first-order valence-corrected chi connectivity index (χ1v) is 9.92. The van der Waals surface area contributed by atoms with Crippen LogP contribution in [0.3, 0.4) is 0 Å². The molecule has 0 radical (unpaired) electrons. The van der Waals surface area contributed by atoms with Crippen molar-refractivity contribution in [2.75, 3.05) is 7.05 Å². The summed E-state index contributed by atoms with van der Waals surface area (Å²) >= 11 is 1.76. The summed E-state index contributed by atoms with van der Waals surface area (Å²) in [6.45, 7) is 0. The highest BCUT2D eigenvalue weighted by Gasteiger charge is 2.38. The molecular weight excluding hydrogens is 350 g/mol. The number of nitrogens with zero attached hydrogens (tertiary/aromatic N) is 1. The van der Waals surface area contributed by atoms with Crippen LogP contribution in [0, 0.1) is 0 Å². The highest BCUT2D eigenvalue weighted by Crippen LogP contribution is 2.54. The molecule has 0 bridgehead atoms. The first-order chi connectivity index (χ1) is 13.2. The smallest absolute Gasteiger partial charge is 0.188 e. The first kappa shape index (κ1) is 17.6. The molecule has 0 aromatic heterocycles. The lowest BCUT2D eigenvalue weighted by molar-refractivity contribution is 0.104. The number of ketones is 1. The van der Waals surface area contributed by atoms with Crippen molar-refractivity contribution >= 4 is 17.5 Å². The van der Waals surface area contributed by atoms with E-state index in [1.807, 2.05) is 42.5 Å². The van der Waals surface area contributed by atoms with Crippen LogP contribution in [0.15, 0.2) is 102 Å². The minimum absolute atomic E-state index is 0.0467. The largest absolute Gasteiger partial charge is 0.361 e. The lowest BCUT2D eigenvalue weighted by atomic mass is 9.97. The fourth-order valence-electron chi connectivity index (χ4n) is 3.49. The second kappa shape index (κ2) is 7.85. The number of likely N-dealkylation sites (N-methyl/N-ethyl adjacent to an activating group) is 1. The van der Waals surface area contributed by atoms with Crippen LogP contribution < -0.4 is 0 Å². The molecule has 1 aliphatic heterocycles. The average molecular weight is 372 g/mol. The quantitative estimate of drug-likeness (QED) is 0.422. The summed E-state index contributed by atoms with van der Waals surface area (Å²) in [4.78, 5) is 15.0. The Morgan fingerprint density at radius 1 is 0.815 bits per heavy atom. The summed E-state index contributed by atoms with van der Waals surface area (Å²) in [7, 11) is 2.08. The van der Waals surface area contributed by atoms with Gasteiger partial charge in [0.2, 0.25) is 0 Å². The van der Waals surface area contributed by atoms with E-state index in [1.165, 1.54) is 11.1 Å². The van der Waals surface area contributed by atoms with E-state index in [0.29, 0.717) is 0 Å². The maximum atomic E-state index is 12.7. The molecule has 0 amide bonds. The van der Waals surface area contributed by atoms with Gasteiger partial charge in [-0.3, -0.25) is 4.79 Å². The van der Waals surface area contributed by atoms with Gasteiger partial charge < -0.3 is 4.90 Å². The molecule has 3 heteroatoms. The number of thioether (sulfide) groups is 1. The van der Waals surface area contributed by atoms with Crippen LogP contribution in [0.1, 0.15) is 32.8 Å². The van der Waals surface area contributed by atoms with Crippen LogP contribution >= 0.6 is 11.8 Å². The molecular formula is C24H21NOS. The Morgan fingerprint density at radius 2 is 1.33 bits per heavy atom. The molecule has 27 heavy (non-hydrogen) atoms. The van der Waals surface area contributed by atoms with Crippen molar-refractivity contribution in [3.8, 4) is 0 Å². The van der Waals surface area contributed by atoms with Crippen molar-refractivity contribution in [1.82, 2.24) is 4.90 Å². The van der Waals surface area contributed by atoms with Crippen molar-refractivity contribution in [2.24, 2.45) is 0 Å². The van der Waals surface area contributed by atoms with Crippen molar-refractivity contribution in [3.05, 3.63) is 119 Å². The zero-order valence-corrected chi connectivity index (χ0v) is 16.0. The van der Waals surface area contributed by atoms with Gasteiger partial charge in [-0.05, 0) is 11.1 Å². The fraction of sp³-hybridized carbons (Fsp3) is 0.125. The van der Waals surface area contributed by atoms with E-state index in [9.17, 15) is 4.79 Å². The van der Waals surface area contributed by atoms with E-state index in [4.69, 9.17) is 0 Å². The molecule has 1 saturated heterocycles. The zero-order valence-electron chi connectivity index (χ0n) is 15.2. The van der Waals surface area contributed by atoms with Crippen LogP contribution in [0.4, 0.5) is 0 Å². The van der Waals surface area contributed by atoms with Crippen LogP contribution in [0.5, 0.6) is 0 Å². The molecule has 2 unspecified atom stereocenters. The second-order valence-electron chi connectivity index (χ2n) is 6.63. The molecule has 1 fully saturated rings. The van der Waals surface area contributed by atoms with Crippen LogP contribution in [0.2, 0.25) is 0 Å². The standard InChI is InChI=1S/C24H21NOS/c1-25-22(17-21(26)18-11-5-2-6-12-18)27-24(20-15-9-4-10-16-20)23(25)19-13-7-3-8-14-19/h2-17,23-24H,1H3. The monoisotopic (exact) mass is 371 g/mol. The van der Waals surface area contributed by atoms with E-state index in [-0.39, 0.29) is 17.1 Å². The average Bonchev–Trinajstić information content (AvgIpc) is 3.06. The number of rotatable bonds is 4. The number of hydrogen-bond donors (Lipinski definition) is 0. The van der Waals surface area contributed by atoms with Gasteiger partial charge in [-0.2, -0.15) is 0 Å². The van der Waals surface area contributed by atoms with Gasteiger partial charge in [0.15, 0.2) is 5.78 Å². The molecule has 1 heterocycles. The molecule has 2 atom stereocenters. The molecule has 0 aliphatic carbocycles. The Kier molecular flexibility index (Phi) is 5.12. The van der Waals surface area contributed by atoms with Gasteiger partial charge in [0.25, 0.3) is 0 Å². The number of hydrogen-bond acceptors (Lipinski definition) is 3. The van der Waals surface area contributed by atoms with Crippen molar-refractivity contribution in [3.63, 3.8) is 0 Å². The molecule has 2 nitrogen and oxygen atoms in total. The summed E-state index contributed by atoms with van der Waals surface area (Å²) < 4.78 is 0. The Labute approximate surface area is 164 Å². The predicted molar refractivity (Wildman–Crippen MR) is 113 cm³/mol. The van der Waals surface area contributed by atoms with Gasteiger partial charge in [-0.1, -0.05) is 103 Å². The maximum Gasteiger partial charge on any atom is 0.188 e. The summed E-state index contributed by atoms with van der Waals surface area (Å²) in [5.41, 5.74) is 3.26. The topological polar surface area (TPSA) is 20.3 Å². The number of carbonyl (C=O) groups excluding carboxylic acids is 1. The minimum atomic E-state index is 0.0467. The molecule has 0 spiro atoms. The summed E-state index contributed by atoms with van der Waals surface area (Å²) in [6.07, 6.45) is 1.78. The number of allylic oxidation sites excluding steroid dienone is 1. The lowest BCUT2D eigenvalue weighted by Crippen LogP contribution is -2.20. The molecule has 1 aliphatic rings. The fourth-order valence-corrected chi connectivity index (χ4v) is 4.97. The van der Waals surface area contributed by atoms with Gasteiger partial charge in [0.1, 0.15) is 0 Å². The molecule has 0 saturated carbocycles. The summed E-state index contributed by atoms with van der Waals surface area (Å²) in [5, 5.41) is 1.25. The predicted octanol–water partition coefficient (Wildman–Crippen LogP) is 5.87. The summed E-state index contributed by atoms with van der Waals surface area (Å²) in [5.74, 6) is 0.0467. The van der Waals surface area contributed by atoms with Gasteiger partial charge in [-0.25, -0.2) is 0 Å². The Hall–Kier alpha value is -2.78. The van der Waals surface area contributed by atoms with Crippen LogP contribution in [0.25, 0.3) is 0 Å². The summed E-state index contributed by atoms with van der Waals surface area (Å²) in [6, 6.07) is 30.7. The van der Waals surface area contributed by atoms with Crippen molar-refractivity contribution < 1.29 is 4.79 Å². The van der Waals surface area contributed by atoms with Crippen molar-refractivity contribution in [2.45, 2.75) is 11.3 Å². The van der Waals surface area contributed by atoms with E-state index in [0.717, 1.165) is 10.6 Å². The van der Waals surface area contributed by atoms with Gasteiger partial charge in [0.05, 0.1) is 16.3 Å². The number of carbonyl (C=O) groups is 1. The third kappa shape index (κ3) is 3.69. The maximum absolute atomic E-state index is 12.7. The van der Waals surface area contributed by atoms with E-state index in [1.54, 1.807) is 17.8 Å². The highest BCUT2D eigenvalue weighted by atomic mass is 32.2. The molecule has 3 aromatic rings. The van der Waals surface area contributed by atoms with Gasteiger partial charge >= 0.3 is 0 Å². The molecule has 3 aromatic carbocycles. The Bertz CT molecular complexity index is 938. The third-order valence-electron chi connectivity index (χ3n) is 4.88. The molecule has 0 N–H and O–H groups in total. The zero-order chi connectivity index (χ0) is 18.6. The second-order valence-corrected chi connectivity index (χ2v) is 7.79. The van der Waals surface area contributed by atoms with Gasteiger partial charge in [-0.15, -0.1) is 0 Å². The Balaban J connectivity index is 1.71. The van der Waals surface area contributed by atoms with E-state index < -0.39 is 0 Å². The molecule has 4 rings (SSSR count). The highest BCUT2D eigenvalue weighted by molar-refractivity contribution is 8.03. The SMILES string of the molecule is CN1C(=CC(=O)c2ccccc2)SC(c2ccccc2)C1c1ccccc1. The number of benzene rings is 3. The normalized spacial score (nSPS) is 20.8. The first-order valence-electron chi connectivity index (χ1n) is 9.04. The van der Waals surface area contributed by atoms with E-state index in [2.05, 4.69) is 60.5 Å². The van der Waals surface area contributed by atoms with Crippen LogP contribution in [-0.4, -0.2) is 17.7 Å².